The maximum Gasteiger partial charge on any atom is 1.00 e. The van der Waals surface area contributed by atoms with Crippen molar-refractivity contribution < 1.29 is 47.3 Å². The van der Waals surface area contributed by atoms with Crippen LogP contribution in [0.2, 0.25) is 0 Å². The Bertz CT molecular complexity index is 516. The van der Waals surface area contributed by atoms with Gasteiger partial charge in [-0.15, -0.1) is 0 Å². The summed E-state index contributed by atoms with van der Waals surface area (Å²) in [5, 5.41) is 6.18. The molecule has 20 heavy (non-hydrogen) atoms. The zero-order chi connectivity index (χ0) is 13.7. The van der Waals surface area contributed by atoms with Crippen molar-refractivity contribution in [1.29, 1.82) is 0 Å². The van der Waals surface area contributed by atoms with Gasteiger partial charge < -0.3 is 9.29 Å². The van der Waals surface area contributed by atoms with Gasteiger partial charge in [-0.2, -0.15) is 0 Å². The average Bonchev–Trinajstić information content (AvgIpc) is 2.97. The molecule has 2 heterocycles. The fourth-order valence-corrected chi connectivity index (χ4v) is 6.14. The molecule has 0 bridgehead atoms. The van der Waals surface area contributed by atoms with Gasteiger partial charge in [-0.25, -0.2) is 8.42 Å². The van der Waals surface area contributed by atoms with Crippen LogP contribution in [0.1, 0.15) is 6.42 Å². The fourth-order valence-electron chi connectivity index (χ4n) is 1.25. The Labute approximate surface area is 158 Å². The molecule has 0 fully saturated rings. The third-order valence-electron chi connectivity index (χ3n) is 2.02. The Hall–Kier alpha value is 1.49. The Kier molecular flexibility index (Phi) is 9.37. The number of rotatable bonds is 6. The van der Waals surface area contributed by atoms with Gasteiger partial charge in [0.2, 0.25) is 0 Å². The number of ether oxygens (including phenoxy) is 1. The Morgan fingerprint density at radius 3 is 2.50 bits per heavy atom. The largest absolute Gasteiger partial charge is 1.00 e. The van der Waals surface area contributed by atoms with Crippen LogP contribution in [-0.2, 0) is 14.9 Å². The number of hydrogen-bond donors (Lipinski definition) is 0. The quantitative estimate of drug-likeness (QED) is 0.372. The standard InChI is InChI=1S/C10H12O4S5.Na/c11-19(12,13)5-1-2-14-6-8-7-17-10(18-8)9-15-3-4-16-9;/h3-4,7H,1-2,5-6H2,(H,11,12,13);/q;+1/p-1. The van der Waals surface area contributed by atoms with Crippen molar-refractivity contribution in [2.24, 2.45) is 0 Å². The summed E-state index contributed by atoms with van der Waals surface area (Å²) in [7, 11) is -4.12. The minimum Gasteiger partial charge on any atom is -0.748 e. The first-order valence-corrected chi connectivity index (χ1v) is 10.4. The second-order valence-corrected chi connectivity index (χ2v) is 9.44. The first-order chi connectivity index (χ1) is 9.04. The van der Waals surface area contributed by atoms with Gasteiger partial charge in [-0.1, -0.05) is 47.0 Å². The zero-order valence-electron chi connectivity index (χ0n) is 10.7. The third kappa shape index (κ3) is 7.17. The van der Waals surface area contributed by atoms with E-state index >= 15 is 0 Å². The molecule has 0 spiro atoms. The summed E-state index contributed by atoms with van der Waals surface area (Å²) in [6.07, 6.45) is 0.250. The van der Waals surface area contributed by atoms with Crippen LogP contribution in [0.25, 0.3) is 0 Å². The second-order valence-electron chi connectivity index (χ2n) is 3.55. The van der Waals surface area contributed by atoms with Crippen LogP contribution in [0.4, 0.5) is 0 Å². The predicted octanol–water partition coefficient (Wildman–Crippen LogP) is 0.342. The van der Waals surface area contributed by atoms with Gasteiger partial charge in [0.15, 0.2) is 0 Å². The maximum atomic E-state index is 10.4. The molecule has 106 valence electrons. The summed E-state index contributed by atoms with van der Waals surface area (Å²) in [6.45, 7) is 0.761. The summed E-state index contributed by atoms with van der Waals surface area (Å²) in [5.74, 6) is -0.359. The van der Waals surface area contributed by atoms with E-state index in [2.05, 4.69) is 16.2 Å². The molecule has 0 N–H and O–H groups in total. The third-order valence-corrected chi connectivity index (χ3v) is 7.85. The van der Waals surface area contributed by atoms with Gasteiger partial charge in [0, 0.05) is 17.3 Å². The smallest absolute Gasteiger partial charge is 0.748 e. The van der Waals surface area contributed by atoms with Gasteiger partial charge in [0.25, 0.3) is 0 Å². The van der Waals surface area contributed by atoms with E-state index in [-0.39, 0.29) is 41.7 Å². The van der Waals surface area contributed by atoms with E-state index in [0.29, 0.717) is 13.2 Å². The first-order valence-electron chi connectivity index (χ1n) is 5.32. The number of hydrogen-bond acceptors (Lipinski definition) is 8. The minimum absolute atomic E-state index is 0. The van der Waals surface area contributed by atoms with Gasteiger partial charge in [0.1, 0.15) is 0 Å². The van der Waals surface area contributed by atoms with E-state index in [0.717, 1.165) is 4.91 Å². The van der Waals surface area contributed by atoms with Crippen LogP contribution >= 0.6 is 47.0 Å². The molecule has 0 aromatic carbocycles. The Balaban J connectivity index is 0.00000200. The molecular weight excluding hydrogens is 367 g/mol. The summed E-state index contributed by atoms with van der Waals surface area (Å²) in [4.78, 5) is 1.12. The maximum absolute atomic E-state index is 10.4. The molecule has 10 heteroatoms. The molecule has 2 rings (SSSR count). The minimum atomic E-state index is -4.12. The molecule has 2 aliphatic rings. The van der Waals surface area contributed by atoms with Crippen LogP contribution in [-0.4, -0.2) is 31.9 Å². The van der Waals surface area contributed by atoms with Crippen molar-refractivity contribution in [2.75, 3.05) is 19.0 Å². The van der Waals surface area contributed by atoms with Crippen LogP contribution in [0.15, 0.2) is 29.6 Å². The van der Waals surface area contributed by atoms with Gasteiger partial charge in [-0.3, -0.25) is 0 Å². The molecule has 0 aromatic rings. The van der Waals surface area contributed by atoms with Gasteiger partial charge in [0.05, 0.1) is 25.2 Å². The first kappa shape index (κ1) is 19.5. The van der Waals surface area contributed by atoms with E-state index in [1.807, 2.05) is 0 Å². The van der Waals surface area contributed by atoms with Crippen molar-refractivity contribution in [3.05, 3.63) is 29.6 Å². The predicted molar refractivity (Wildman–Crippen MR) is 84.6 cm³/mol. The number of thioether (sulfide) groups is 4. The van der Waals surface area contributed by atoms with Crippen LogP contribution in [0.5, 0.6) is 0 Å². The molecule has 0 saturated carbocycles. The van der Waals surface area contributed by atoms with Gasteiger partial charge in [-0.05, 0) is 22.6 Å². The molecule has 0 aliphatic carbocycles. The molecule has 0 radical (unpaired) electrons. The second kappa shape index (κ2) is 9.59. The van der Waals surface area contributed by atoms with E-state index in [9.17, 15) is 13.0 Å². The molecule has 0 amide bonds. The van der Waals surface area contributed by atoms with Crippen LogP contribution < -0.4 is 29.6 Å². The molecule has 0 unspecified atom stereocenters. The zero-order valence-corrected chi connectivity index (χ0v) is 16.8. The van der Waals surface area contributed by atoms with Crippen molar-refractivity contribution in [2.45, 2.75) is 6.42 Å². The summed E-state index contributed by atoms with van der Waals surface area (Å²) in [6, 6.07) is 0. The fraction of sp³-hybridized carbons (Fsp3) is 0.400. The SMILES string of the molecule is O=S(=O)([O-])CCCOCC1=CSC(=C2SC=CS2)S1.[Na+]. The molecule has 0 saturated heterocycles. The van der Waals surface area contributed by atoms with E-state index in [4.69, 9.17) is 4.74 Å². The van der Waals surface area contributed by atoms with Crippen molar-refractivity contribution in [1.82, 2.24) is 0 Å². The van der Waals surface area contributed by atoms with Crippen LogP contribution in [0.3, 0.4) is 0 Å². The van der Waals surface area contributed by atoms with Crippen molar-refractivity contribution in [3.8, 4) is 0 Å². The summed E-state index contributed by atoms with van der Waals surface area (Å²) in [5.41, 5.74) is 0. The topological polar surface area (TPSA) is 66.4 Å². The molecule has 4 nitrogen and oxygen atoms in total. The van der Waals surface area contributed by atoms with Crippen molar-refractivity contribution >= 4 is 57.2 Å². The van der Waals surface area contributed by atoms with Gasteiger partial charge >= 0.3 is 29.6 Å². The molecular formula is C10H11NaO4S5. The Morgan fingerprint density at radius 1 is 1.15 bits per heavy atom. The Morgan fingerprint density at radius 2 is 1.85 bits per heavy atom. The van der Waals surface area contributed by atoms with E-state index in [1.54, 1.807) is 47.0 Å². The molecule has 0 aromatic heterocycles. The normalized spacial score (nSPS) is 18.4. The van der Waals surface area contributed by atoms with Crippen LogP contribution in [0, 0.1) is 0 Å². The van der Waals surface area contributed by atoms with Crippen molar-refractivity contribution in [3.63, 3.8) is 0 Å². The monoisotopic (exact) mass is 378 g/mol. The molecule has 2 aliphatic heterocycles. The molecule has 0 atom stereocenters. The average molecular weight is 379 g/mol. The summed E-state index contributed by atoms with van der Waals surface area (Å²) >= 11 is 6.82. The van der Waals surface area contributed by atoms with E-state index in [1.165, 1.54) is 8.47 Å². The van der Waals surface area contributed by atoms with E-state index < -0.39 is 10.1 Å². The summed E-state index contributed by atoms with van der Waals surface area (Å²) < 4.78 is 39.1.